The molecule has 1 amide bonds. The Morgan fingerprint density at radius 1 is 1.60 bits per heavy atom. The Labute approximate surface area is 87.6 Å². The largest absolute Gasteiger partial charge is 0.384 e. The maximum atomic E-state index is 11.6. The predicted octanol–water partition coefficient (Wildman–Crippen LogP) is 0.781. The second kappa shape index (κ2) is 4.27. The first-order chi connectivity index (χ1) is 7.25. The number of carbonyl (C=O) groups excluding carboxylic acids is 1. The molecule has 1 aromatic heterocycles. The third-order valence-electron chi connectivity index (χ3n) is 2.28. The van der Waals surface area contributed by atoms with Gasteiger partial charge in [-0.1, -0.05) is 0 Å². The normalized spacial score (nSPS) is 20.1. The highest BCUT2D eigenvalue weighted by atomic mass is 16.5. The maximum absolute atomic E-state index is 11.6. The van der Waals surface area contributed by atoms with Gasteiger partial charge in [0, 0.05) is 6.61 Å². The van der Waals surface area contributed by atoms with E-state index >= 15 is 0 Å². The summed E-state index contributed by atoms with van der Waals surface area (Å²) >= 11 is 0. The van der Waals surface area contributed by atoms with E-state index in [2.05, 4.69) is 10.3 Å². The van der Waals surface area contributed by atoms with Crippen LogP contribution in [-0.2, 0) is 9.53 Å². The fourth-order valence-electron chi connectivity index (χ4n) is 1.49. The third kappa shape index (κ3) is 2.44. The van der Waals surface area contributed by atoms with E-state index < -0.39 is 0 Å². The molecule has 5 nitrogen and oxygen atoms in total. The molecule has 1 aliphatic heterocycles. The second-order valence-corrected chi connectivity index (χ2v) is 3.46. The highest BCUT2D eigenvalue weighted by Crippen LogP contribution is 2.14. The molecule has 0 aliphatic carbocycles. The molecule has 3 N–H and O–H groups in total. The van der Waals surface area contributed by atoms with Crippen LogP contribution in [0.15, 0.2) is 18.3 Å². The molecule has 80 valence electrons. The molecule has 1 aromatic rings. The van der Waals surface area contributed by atoms with Gasteiger partial charge in [-0.2, -0.15) is 0 Å². The zero-order valence-corrected chi connectivity index (χ0v) is 8.27. The summed E-state index contributed by atoms with van der Waals surface area (Å²) in [6.07, 6.45) is 2.94. The molecule has 2 rings (SSSR count). The van der Waals surface area contributed by atoms with Crippen molar-refractivity contribution in [3.8, 4) is 0 Å². The molecule has 1 saturated heterocycles. The summed E-state index contributed by atoms with van der Waals surface area (Å²) in [5.41, 5.74) is 6.07. The lowest BCUT2D eigenvalue weighted by Gasteiger charge is -2.09. The van der Waals surface area contributed by atoms with Crippen LogP contribution in [0.25, 0.3) is 0 Å². The van der Waals surface area contributed by atoms with Gasteiger partial charge in [0.2, 0.25) is 0 Å². The number of anilines is 2. The summed E-state index contributed by atoms with van der Waals surface area (Å²) in [7, 11) is 0. The maximum Gasteiger partial charge on any atom is 0.253 e. The number of nitrogens with zero attached hydrogens (tertiary/aromatic N) is 1. The van der Waals surface area contributed by atoms with Gasteiger partial charge < -0.3 is 15.8 Å². The van der Waals surface area contributed by atoms with Crippen LogP contribution in [-0.4, -0.2) is 23.6 Å². The fraction of sp³-hybridized carbons (Fsp3) is 0.400. The van der Waals surface area contributed by atoms with Crippen molar-refractivity contribution in [2.24, 2.45) is 0 Å². The number of aromatic nitrogens is 1. The molecule has 0 bridgehead atoms. The Bertz CT molecular complexity index is 344. The van der Waals surface area contributed by atoms with Gasteiger partial charge in [-0.3, -0.25) is 4.79 Å². The van der Waals surface area contributed by atoms with Crippen LogP contribution in [0.2, 0.25) is 0 Å². The van der Waals surface area contributed by atoms with Gasteiger partial charge in [-0.15, -0.1) is 0 Å². The molecule has 1 aliphatic rings. The van der Waals surface area contributed by atoms with Crippen molar-refractivity contribution in [1.29, 1.82) is 0 Å². The smallest absolute Gasteiger partial charge is 0.253 e. The van der Waals surface area contributed by atoms with E-state index in [4.69, 9.17) is 10.5 Å². The lowest BCUT2D eigenvalue weighted by molar-refractivity contribution is -0.124. The molecule has 0 aromatic carbocycles. The molecule has 0 radical (unpaired) electrons. The summed E-state index contributed by atoms with van der Waals surface area (Å²) in [4.78, 5) is 15.5. The van der Waals surface area contributed by atoms with Crippen LogP contribution < -0.4 is 11.1 Å². The van der Waals surface area contributed by atoms with Crippen LogP contribution in [0.4, 0.5) is 11.5 Å². The number of ether oxygens (including phenoxy) is 1. The number of rotatable bonds is 2. The van der Waals surface area contributed by atoms with Crippen molar-refractivity contribution in [3.05, 3.63) is 18.3 Å². The van der Waals surface area contributed by atoms with Gasteiger partial charge in [0.25, 0.3) is 5.91 Å². The van der Waals surface area contributed by atoms with Gasteiger partial charge >= 0.3 is 0 Å². The number of pyridine rings is 1. The van der Waals surface area contributed by atoms with Crippen LogP contribution in [0.3, 0.4) is 0 Å². The average molecular weight is 207 g/mol. The zero-order chi connectivity index (χ0) is 10.7. The molecule has 15 heavy (non-hydrogen) atoms. The van der Waals surface area contributed by atoms with E-state index in [1.54, 1.807) is 12.1 Å². The van der Waals surface area contributed by atoms with E-state index in [0.717, 1.165) is 12.8 Å². The van der Waals surface area contributed by atoms with Crippen molar-refractivity contribution in [1.82, 2.24) is 4.98 Å². The number of nitrogens with two attached hydrogens (primary N) is 1. The van der Waals surface area contributed by atoms with Gasteiger partial charge in [-0.05, 0) is 25.0 Å². The highest BCUT2D eigenvalue weighted by Gasteiger charge is 2.23. The molecule has 0 spiro atoms. The van der Waals surface area contributed by atoms with E-state index in [-0.39, 0.29) is 12.0 Å². The minimum atomic E-state index is -0.317. The number of amides is 1. The zero-order valence-electron chi connectivity index (χ0n) is 8.27. The molecule has 1 fully saturated rings. The Kier molecular flexibility index (Phi) is 2.82. The van der Waals surface area contributed by atoms with Gasteiger partial charge in [0.1, 0.15) is 11.9 Å². The Morgan fingerprint density at radius 2 is 2.47 bits per heavy atom. The first kappa shape index (κ1) is 9.92. The number of hydrogen-bond acceptors (Lipinski definition) is 4. The molecule has 1 atom stereocenters. The van der Waals surface area contributed by atoms with Crippen molar-refractivity contribution in [3.63, 3.8) is 0 Å². The minimum Gasteiger partial charge on any atom is -0.384 e. The van der Waals surface area contributed by atoms with Crippen LogP contribution in [0.5, 0.6) is 0 Å². The van der Waals surface area contributed by atoms with E-state index in [1.165, 1.54) is 6.20 Å². The Hall–Kier alpha value is -1.62. The van der Waals surface area contributed by atoms with E-state index in [9.17, 15) is 4.79 Å². The minimum absolute atomic E-state index is 0.112. The number of hydrogen-bond donors (Lipinski definition) is 2. The van der Waals surface area contributed by atoms with Crippen LogP contribution in [0.1, 0.15) is 12.8 Å². The van der Waals surface area contributed by atoms with Crippen LogP contribution >= 0.6 is 0 Å². The fourth-order valence-corrected chi connectivity index (χ4v) is 1.49. The quantitative estimate of drug-likeness (QED) is 0.751. The molecular weight excluding hydrogens is 194 g/mol. The Balaban J connectivity index is 1.96. The predicted molar refractivity (Wildman–Crippen MR) is 56.3 cm³/mol. The highest BCUT2D eigenvalue weighted by molar-refractivity contribution is 5.94. The van der Waals surface area contributed by atoms with Crippen molar-refractivity contribution in [2.75, 3.05) is 17.7 Å². The number of nitrogen functional groups attached to an aromatic ring is 1. The lowest BCUT2D eigenvalue weighted by atomic mass is 10.2. The second-order valence-electron chi connectivity index (χ2n) is 3.46. The van der Waals surface area contributed by atoms with Gasteiger partial charge in [0.05, 0.1) is 11.9 Å². The molecule has 0 saturated carbocycles. The van der Waals surface area contributed by atoms with Crippen molar-refractivity contribution < 1.29 is 9.53 Å². The monoisotopic (exact) mass is 207 g/mol. The standard InChI is InChI=1S/C10H13N3O2/c11-9-4-3-7(6-12-9)13-10(14)8-2-1-5-15-8/h3-4,6,8H,1-2,5H2,(H2,11,12)(H,13,14). The summed E-state index contributed by atoms with van der Waals surface area (Å²) in [5.74, 6) is 0.323. The SMILES string of the molecule is Nc1ccc(NC(=O)C2CCCO2)cn1. The van der Waals surface area contributed by atoms with Crippen molar-refractivity contribution in [2.45, 2.75) is 18.9 Å². The first-order valence-electron chi connectivity index (χ1n) is 4.90. The Morgan fingerprint density at radius 3 is 3.07 bits per heavy atom. The topological polar surface area (TPSA) is 77.2 Å². The molecule has 2 heterocycles. The number of nitrogens with one attached hydrogen (secondary N) is 1. The van der Waals surface area contributed by atoms with E-state index in [1.807, 2.05) is 0 Å². The van der Waals surface area contributed by atoms with Crippen molar-refractivity contribution >= 4 is 17.4 Å². The molecule has 1 unspecified atom stereocenters. The third-order valence-corrected chi connectivity index (χ3v) is 2.28. The summed E-state index contributed by atoms with van der Waals surface area (Å²) < 4.78 is 5.25. The lowest BCUT2D eigenvalue weighted by Crippen LogP contribution is -2.26. The van der Waals surface area contributed by atoms with Gasteiger partial charge in [0.15, 0.2) is 0 Å². The summed E-state index contributed by atoms with van der Waals surface area (Å²) in [6, 6.07) is 3.36. The van der Waals surface area contributed by atoms with Gasteiger partial charge in [-0.25, -0.2) is 4.98 Å². The summed E-state index contributed by atoms with van der Waals surface area (Å²) in [5, 5.41) is 2.73. The van der Waals surface area contributed by atoms with Crippen LogP contribution in [0, 0.1) is 0 Å². The average Bonchev–Trinajstić information content (AvgIpc) is 2.74. The first-order valence-corrected chi connectivity index (χ1v) is 4.90. The summed E-state index contributed by atoms with van der Waals surface area (Å²) in [6.45, 7) is 0.665. The molecule has 5 heteroatoms. The van der Waals surface area contributed by atoms with E-state index in [0.29, 0.717) is 18.1 Å². The molecular formula is C10H13N3O2. The number of carbonyl (C=O) groups is 1.